The van der Waals surface area contributed by atoms with Crippen molar-refractivity contribution in [2.45, 2.75) is 31.9 Å². The van der Waals surface area contributed by atoms with Crippen molar-refractivity contribution < 1.29 is 13.9 Å². The number of benzene rings is 2. The first-order valence-electron chi connectivity index (χ1n) is 7.97. The Morgan fingerprint density at radius 1 is 1.09 bits per heavy atom. The molecule has 1 atom stereocenters. The number of halogens is 1. The number of likely N-dealkylation sites (tertiary alicyclic amines) is 1. The molecule has 120 valence electrons. The number of hydrogen-bond donors (Lipinski definition) is 0. The molecule has 2 aromatic carbocycles. The molecule has 3 rings (SSSR count). The van der Waals surface area contributed by atoms with Gasteiger partial charge in [0.05, 0.1) is 6.04 Å². The number of nitrogens with zero attached hydrogens (tertiary/aromatic N) is 1. The second kappa shape index (κ2) is 7.27. The molecular weight excluding hydrogens is 293 g/mol. The summed E-state index contributed by atoms with van der Waals surface area (Å²) in [7, 11) is 0. The summed E-state index contributed by atoms with van der Waals surface area (Å²) in [4.78, 5) is 14.2. The van der Waals surface area contributed by atoms with Crippen LogP contribution in [0.3, 0.4) is 0 Å². The maximum atomic E-state index is 13.1. The maximum absolute atomic E-state index is 13.1. The summed E-state index contributed by atoms with van der Waals surface area (Å²) < 4.78 is 18.6. The van der Waals surface area contributed by atoms with E-state index >= 15 is 0 Å². The van der Waals surface area contributed by atoms with Crippen LogP contribution >= 0.6 is 0 Å². The van der Waals surface area contributed by atoms with Gasteiger partial charge in [-0.2, -0.15) is 0 Å². The number of rotatable bonds is 3. The van der Waals surface area contributed by atoms with Crippen LogP contribution in [-0.4, -0.2) is 17.5 Å². The molecule has 0 unspecified atom stereocenters. The molecule has 23 heavy (non-hydrogen) atoms. The van der Waals surface area contributed by atoms with Crippen molar-refractivity contribution in [2.75, 3.05) is 6.54 Å². The third-order valence-corrected chi connectivity index (χ3v) is 4.20. The zero-order valence-corrected chi connectivity index (χ0v) is 13.0. The van der Waals surface area contributed by atoms with E-state index in [2.05, 4.69) is 0 Å². The second-order valence-corrected chi connectivity index (χ2v) is 5.80. The van der Waals surface area contributed by atoms with E-state index in [4.69, 9.17) is 4.74 Å². The molecule has 3 nitrogen and oxygen atoms in total. The predicted octanol–water partition coefficient (Wildman–Crippen LogP) is 4.69. The summed E-state index contributed by atoms with van der Waals surface area (Å²) in [6, 6.07) is 16.0. The first-order chi connectivity index (χ1) is 11.2. The topological polar surface area (TPSA) is 29.5 Å². The van der Waals surface area contributed by atoms with Gasteiger partial charge >= 0.3 is 6.09 Å². The molecule has 1 saturated heterocycles. The van der Waals surface area contributed by atoms with Gasteiger partial charge in [-0.15, -0.1) is 0 Å². The molecule has 0 spiro atoms. The van der Waals surface area contributed by atoms with Crippen molar-refractivity contribution in [3.05, 3.63) is 71.5 Å². The molecule has 0 saturated carbocycles. The van der Waals surface area contributed by atoms with Gasteiger partial charge in [0.15, 0.2) is 0 Å². The van der Waals surface area contributed by atoms with Crippen LogP contribution in [0.5, 0.6) is 0 Å². The number of ether oxygens (including phenoxy) is 1. The molecule has 4 heteroatoms. The summed E-state index contributed by atoms with van der Waals surface area (Å²) in [5.74, 6) is -0.261. The van der Waals surface area contributed by atoms with Crippen LogP contribution in [0.1, 0.15) is 36.4 Å². The van der Waals surface area contributed by atoms with E-state index in [-0.39, 0.29) is 24.6 Å². The number of carbonyl (C=O) groups is 1. The summed E-state index contributed by atoms with van der Waals surface area (Å²) in [5.41, 5.74) is 1.93. The summed E-state index contributed by atoms with van der Waals surface area (Å²) in [6.45, 7) is 0.946. The van der Waals surface area contributed by atoms with Gasteiger partial charge in [-0.05, 0) is 42.5 Å². The molecule has 0 N–H and O–H groups in total. The SMILES string of the molecule is O=C(OCc1ccccc1)N1CCCC[C@@H]1c1ccc(F)cc1. The van der Waals surface area contributed by atoms with Crippen molar-refractivity contribution >= 4 is 6.09 Å². The fourth-order valence-corrected chi connectivity index (χ4v) is 2.98. The molecule has 1 fully saturated rings. The zero-order chi connectivity index (χ0) is 16.1. The van der Waals surface area contributed by atoms with Crippen LogP contribution in [-0.2, 0) is 11.3 Å². The second-order valence-electron chi connectivity index (χ2n) is 5.80. The first-order valence-corrected chi connectivity index (χ1v) is 7.97. The highest BCUT2D eigenvalue weighted by Gasteiger charge is 2.29. The summed E-state index contributed by atoms with van der Waals surface area (Å²) >= 11 is 0. The lowest BCUT2D eigenvalue weighted by Gasteiger charge is -2.35. The van der Waals surface area contributed by atoms with Crippen LogP contribution in [0.25, 0.3) is 0 Å². The normalized spacial score (nSPS) is 17.8. The average molecular weight is 313 g/mol. The van der Waals surface area contributed by atoms with Gasteiger partial charge in [0.1, 0.15) is 12.4 Å². The molecule has 2 aromatic rings. The van der Waals surface area contributed by atoms with E-state index in [1.165, 1.54) is 12.1 Å². The zero-order valence-electron chi connectivity index (χ0n) is 13.0. The van der Waals surface area contributed by atoms with Crippen molar-refractivity contribution in [3.63, 3.8) is 0 Å². The van der Waals surface area contributed by atoms with Crippen LogP contribution in [0.2, 0.25) is 0 Å². The summed E-state index contributed by atoms with van der Waals surface area (Å²) in [6.07, 6.45) is 2.61. The molecular formula is C19H20FNO2. The quantitative estimate of drug-likeness (QED) is 0.822. The van der Waals surface area contributed by atoms with Gasteiger partial charge in [-0.1, -0.05) is 42.5 Å². The fraction of sp³-hybridized carbons (Fsp3) is 0.316. The average Bonchev–Trinajstić information content (AvgIpc) is 2.61. The molecule has 0 aromatic heterocycles. The van der Waals surface area contributed by atoms with Gasteiger partial charge < -0.3 is 9.64 Å². The summed E-state index contributed by atoms with van der Waals surface area (Å²) in [5, 5.41) is 0. The van der Waals surface area contributed by atoms with E-state index in [0.29, 0.717) is 6.54 Å². The Hall–Kier alpha value is -2.36. The highest BCUT2D eigenvalue weighted by molar-refractivity contribution is 5.68. The molecule has 1 amide bonds. The highest BCUT2D eigenvalue weighted by atomic mass is 19.1. The van der Waals surface area contributed by atoms with Gasteiger partial charge in [0.25, 0.3) is 0 Å². The Kier molecular flexibility index (Phi) is 4.91. The lowest BCUT2D eigenvalue weighted by Crippen LogP contribution is -2.38. The first kappa shape index (κ1) is 15.5. The van der Waals surface area contributed by atoms with Crippen LogP contribution in [0, 0.1) is 5.82 Å². The highest BCUT2D eigenvalue weighted by Crippen LogP contribution is 2.31. The van der Waals surface area contributed by atoms with Gasteiger partial charge in [-0.3, -0.25) is 0 Å². The standard InChI is InChI=1S/C19H20FNO2/c20-17-11-9-16(10-12-17)18-8-4-5-13-21(18)19(22)23-14-15-6-2-1-3-7-15/h1-3,6-7,9-12,18H,4-5,8,13-14H2/t18-/m1/s1. The smallest absolute Gasteiger partial charge is 0.410 e. The third-order valence-electron chi connectivity index (χ3n) is 4.20. The van der Waals surface area contributed by atoms with E-state index in [1.54, 1.807) is 17.0 Å². The predicted molar refractivity (Wildman–Crippen MR) is 86.3 cm³/mol. The molecule has 1 aliphatic heterocycles. The van der Waals surface area contributed by atoms with Gasteiger partial charge in [-0.25, -0.2) is 9.18 Å². The van der Waals surface area contributed by atoms with Crippen molar-refractivity contribution in [3.8, 4) is 0 Å². The molecule has 0 bridgehead atoms. The number of amides is 1. The molecule has 1 heterocycles. The largest absolute Gasteiger partial charge is 0.445 e. The lowest BCUT2D eigenvalue weighted by atomic mass is 9.96. The Morgan fingerprint density at radius 3 is 2.57 bits per heavy atom. The molecule has 1 aliphatic rings. The van der Waals surface area contributed by atoms with Gasteiger partial charge in [0.2, 0.25) is 0 Å². The number of piperidine rings is 1. The van der Waals surface area contributed by atoms with Crippen molar-refractivity contribution in [1.82, 2.24) is 4.90 Å². The number of hydrogen-bond acceptors (Lipinski definition) is 2. The van der Waals surface area contributed by atoms with Gasteiger partial charge in [0, 0.05) is 6.54 Å². The Labute approximate surface area is 135 Å². The van der Waals surface area contributed by atoms with Crippen LogP contribution < -0.4 is 0 Å². The lowest BCUT2D eigenvalue weighted by molar-refractivity contribution is 0.0679. The minimum Gasteiger partial charge on any atom is -0.445 e. The van der Waals surface area contributed by atoms with E-state index in [9.17, 15) is 9.18 Å². The number of carbonyl (C=O) groups excluding carboxylic acids is 1. The molecule has 0 radical (unpaired) electrons. The minimum atomic E-state index is -0.303. The van der Waals surface area contributed by atoms with Crippen LogP contribution in [0.4, 0.5) is 9.18 Å². The van der Waals surface area contributed by atoms with Crippen molar-refractivity contribution in [2.24, 2.45) is 0 Å². The Bertz CT molecular complexity index is 642. The fourth-order valence-electron chi connectivity index (χ4n) is 2.98. The van der Waals surface area contributed by atoms with E-state index in [1.807, 2.05) is 30.3 Å². The Morgan fingerprint density at radius 2 is 1.83 bits per heavy atom. The third kappa shape index (κ3) is 3.89. The van der Waals surface area contributed by atoms with E-state index in [0.717, 1.165) is 30.4 Å². The molecule has 0 aliphatic carbocycles. The maximum Gasteiger partial charge on any atom is 0.410 e. The van der Waals surface area contributed by atoms with Crippen LogP contribution in [0.15, 0.2) is 54.6 Å². The van der Waals surface area contributed by atoms with Crippen molar-refractivity contribution in [1.29, 1.82) is 0 Å². The monoisotopic (exact) mass is 313 g/mol. The van der Waals surface area contributed by atoms with E-state index < -0.39 is 0 Å². The minimum absolute atomic E-state index is 0.0346. The Balaban J connectivity index is 1.68.